The molecule has 0 unspecified atom stereocenters. The molecular weight excluding hydrogens is 488 g/mol. The fourth-order valence-electron chi connectivity index (χ4n) is 5.57. The van der Waals surface area contributed by atoms with Gasteiger partial charge < -0.3 is 4.74 Å². The second kappa shape index (κ2) is 13.1. The molecule has 0 atom stereocenters. The van der Waals surface area contributed by atoms with E-state index in [1.807, 2.05) is 0 Å². The molecule has 0 bridgehead atoms. The summed E-state index contributed by atoms with van der Waals surface area (Å²) in [5.74, 6) is -3.20. The van der Waals surface area contributed by atoms with Crippen molar-refractivity contribution >= 4 is 0 Å². The van der Waals surface area contributed by atoms with Crippen LogP contribution in [0.25, 0.3) is 22.3 Å². The summed E-state index contributed by atoms with van der Waals surface area (Å²) in [6.07, 6.45) is 11.7. The van der Waals surface area contributed by atoms with E-state index in [1.165, 1.54) is 50.3 Å². The van der Waals surface area contributed by atoms with Gasteiger partial charge in [0.05, 0.1) is 0 Å². The monoisotopic (exact) mass is 524 g/mol. The van der Waals surface area contributed by atoms with Crippen LogP contribution in [0.15, 0.2) is 61.2 Å². The van der Waals surface area contributed by atoms with Crippen molar-refractivity contribution in [3.63, 3.8) is 0 Å². The Morgan fingerprint density at radius 2 is 1.34 bits per heavy atom. The van der Waals surface area contributed by atoms with Crippen LogP contribution in [0.1, 0.15) is 76.2 Å². The summed E-state index contributed by atoms with van der Waals surface area (Å²) in [7, 11) is 0. The maximum atomic E-state index is 15.2. The molecule has 0 amide bonds. The fourth-order valence-corrected chi connectivity index (χ4v) is 5.57. The van der Waals surface area contributed by atoms with E-state index < -0.39 is 23.3 Å². The third-order valence-electron chi connectivity index (χ3n) is 7.78. The predicted molar refractivity (Wildman–Crippen MR) is 146 cm³/mol. The standard InChI is InChI=1S/C33H36F4O/c1-3-5-6-7-8-22-9-11-23(12-10-22)26-17-18-27(31(35)30(26)34)24-13-15-25(16-14-24)28-19-20-29(38-21-4-2)33(37)32(28)36/h4,13-20,22-23H,2-3,5-12,21H2,1H3. The van der Waals surface area contributed by atoms with Gasteiger partial charge in [-0.15, -0.1) is 0 Å². The first kappa shape index (κ1) is 27.9. The third-order valence-corrected chi connectivity index (χ3v) is 7.78. The molecule has 0 saturated heterocycles. The van der Waals surface area contributed by atoms with E-state index in [1.54, 1.807) is 36.4 Å². The molecular formula is C33H36F4O. The molecule has 3 aromatic carbocycles. The Balaban J connectivity index is 1.46. The van der Waals surface area contributed by atoms with Gasteiger partial charge in [0.2, 0.25) is 5.82 Å². The minimum atomic E-state index is -1.08. The first-order chi connectivity index (χ1) is 18.4. The van der Waals surface area contributed by atoms with Crippen LogP contribution in [-0.2, 0) is 0 Å². The van der Waals surface area contributed by atoms with Crippen molar-refractivity contribution in [1.82, 2.24) is 0 Å². The van der Waals surface area contributed by atoms with E-state index in [4.69, 9.17) is 4.74 Å². The van der Waals surface area contributed by atoms with Gasteiger partial charge in [0.25, 0.3) is 0 Å². The SMILES string of the molecule is C=CCOc1ccc(-c2ccc(-c3ccc(C4CCC(CCCCCC)CC4)c(F)c3F)cc2)c(F)c1F. The van der Waals surface area contributed by atoms with Crippen molar-refractivity contribution < 1.29 is 22.3 Å². The van der Waals surface area contributed by atoms with Crippen molar-refractivity contribution in [2.75, 3.05) is 6.61 Å². The minimum absolute atomic E-state index is 0.0455. The number of unbranched alkanes of at least 4 members (excludes halogenated alkanes) is 3. The van der Waals surface area contributed by atoms with Gasteiger partial charge in [0.1, 0.15) is 6.61 Å². The van der Waals surface area contributed by atoms with Crippen LogP contribution in [0.3, 0.4) is 0 Å². The molecule has 0 aliphatic heterocycles. The molecule has 1 nitrogen and oxygen atoms in total. The summed E-state index contributed by atoms with van der Waals surface area (Å²) in [6, 6.07) is 12.5. The maximum Gasteiger partial charge on any atom is 0.201 e. The number of hydrogen-bond acceptors (Lipinski definition) is 1. The molecule has 0 N–H and O–H groups in total. The summed E-state index contributed by atoms with van der Waals surface area (Å²) in [5.41, 5.74) is 1.57. The summed E-state index contributed by atoms with van der Waals surface area (Å²) in [6.45, 7) is 5.77. The number of halogens is 4. The molecule has 1 aliphatic carbocycles. The highest BCUT2D eigenvalue weighted by molar-refractivity contribution is 5.72. The van der Waals surface area contributed by atoms with E-state index in [0.717, 1.165) is 25.7 Å². The second-order valence-electron chi connectivity index (χ2n) is 10.3. The highest BCUT2D eigenvalue weighted by Crippen LogP contribution is 2.40. The van der Waals surface area contributed by atoms with Gasteiger partial charge in [-0.1, -0.05) is 88.1 Å². The molecule has 0 heterocycles. The van der Waals surface area contributed by atoms with Gasteiger partial charge in [-0.3, -0.25) is 0 Å². The zero-order valence-electron chi connectivity index (χ0n) is 22.0. The highest BCUT2D eigenvalue weighted by Gasteiger charge is 2.26. The van der Waals surface area contributed by atoms with E-state index in [2.05, 4.69) is 13.5 Å². The minimum Gasteiger partial charge on any atom is -0.486 e. The molecule has 0 radical (unpaired) electrons. The molecule has 0 aromatic heterocycles. The van der Waals surface area contributed by atoms with Crippen LogP contribution in [0.5, 0.6) is 5.75 Å². The van der Waals surface area contributed by atoms with E-state index in [-0.39, 0.29) is 29.4 Å². The number of rotatable bonds is 11. The molecule has 0 spiro atoms. The van der Waals surface area contributed by atoms with Gasteiger partial charge in [0.15, 0.2) is 23.2 Å². The number of hydrogen-bond donors (Lipinski definition) is 0. The van der Waals surface area contributed by atoms with Crippen LogP contribution < -0.4 is 4.74 Å². The average Bonchev–Trinajstić information content (AvgIpc) is 2.94. The Morgan fingerprint density at radius 1 is 0.737 bits per heavy atom. The lowest BCUT2D eigenvalue weighted by molar-refractivity contribution is 0.297. The van der Waals surface area contributed by atoms with Crippen LogP contribution in [0.4, 0.5) is 17.6 Å². The van der Waals surface area contributed by atoms with Gasteiger partial charge >= 0.3 is 0 Å². The topological polar surface area (TPSA) is 9.23 Å². The smallest absolute Gasteiger partial charge is 0.201 e. The fraction of sp³-hybridized carbons (Fsp3) is 0.394. The largest absolute Gasteiger partial charge is 0.486 e. The van der Waals surface area contributed by atoms with Crippen LogP contribution in [0.2, 0.25) is 0 Å². The zero-order chi connectivity index (χ0) is 27.1. The second-order valence-corrected chi connectivity index (χ2v) is 10.3. The lowest BCUT2D eigenvalue weighted by Gasteiger charge is -2.29. The molecule has 1 fully saturated rings. The summed E-state index contributed by atoms with van der Waals surface area (Å²) in [5, 5.41) is 0. The Bertz CT molecular complexity index is 1230. The molecule has 38 heavy (non-hydrogen) atoms. The summed E-state index contributed by atoms with van der Waals surface area (Å²) >= 11 is 0. The third kappa shape index (κ3) is 6.31. The van der Waals surface area contributed by atoms with Gasteiger partial charge in [0, 0.05) is 11.1 Å². The van der Waals surface area contributed by atoms with E-state index in [0.29, 0.717) is 22.6 Å². The van der Waals surface area contributed by atoms with Crippen LogP contribution >= 0.6 is 0 Å². The number of ether oxygens (including phenoxy) is 1. The van der Waals surface area contributed by atoms with E-state index in [9.17, 15) is 8.78 Å². The van der Waals surface area contributed by atoms with Crippen molar-refractivity contribution in [3.8, 4) is 28.0 Å². The summed E-state index contributed by atoms with van der Waals surface area (Å²) in [4.78, 5) is 0. The molecule has 1 saturated carbocycles. The predicted octanol–water partition coefficient (Wildman–Crippen LogP) is 10.4. The van der Waals surface area contributed by atoms with Crippen LogP contribution in [-0.4, -0.2) is 6.61 Å². The van der Waals surface area contributed by atoms with Gasteiger partial charge in [-0.2, -0.15) is 4.39 Å². The first-order valence-corrected chi connectivity index (χ1v) is 13.7. The lowest BCUT2D eigenvalue weighted by atomic mass is 9.76. The molecule has 3 aromatic rings. The Kier molecular flexibility index (Phi) is 9.65. The van der Waals surface area contributed by atoms with Gasteiger partial charge in [-0.05, 0) is 66.3 Å². The maximum absolute atomic E-state index is 15.2. The first-order valence-electron chi connectivity index (χ1n) is 13.7. The van der Waals surface area contributed by atoms with Crippen molar-refractivity contribution in [1.29, 1.82) is 0 Å². The quantitative estimate of drug-likeness (QED) is 0.138. The Hall–Kier alpha value is -3.08. The van der Waals surface area contributed by atoms with Crippen molar-refractivity contribution in [2.24, 2.45) is 5.92 Å². The normalized spacial score (nSPS) is 17.4. The van der Waals surface area contributed by atoms with E-state index >= 15 is 8.78 Å². The number of benzene rings is 3. The molecule has 4 rings (SSSR count). The molecule has 5 heteroatoms. The Labute approximate surface area is 223 Å². The Morgan fingerprint density at radius 3 is 1.95 bits per heavy atom. The molecule has 1 aliphatic rings. The van der Waals surface area contributed by atoms with Crippen molar-refractivity contribution in [3.05, 3.63) is 90.0 Å². The highest BCUT2D eigenvalue weighted by atomic mass is 19.2. The average molecular weight is 525 g/mol. The van der Waals surface area contributed by atoms with Gasteiger partial charge in [-0.25, -0.2) is 13.2 Å². The zero-order valence-corrected chi connectivity index (χ0v) is 22.0. The lowest BCUT2D eigenvalue weighted by Crippen LogP contribution is -2.15. The van der Waals surface area contributed by atoms with Crippen molar-refractivity contribution in [2.45, 2.75) is 70.6 Å². The van der Waals surface area contributed by atoms with Crippen LogP contribution in [0, 0.1) is 29.2 Å². The summed E-state index contributed by atoms with van der Waals surface area (Å²) < 4.78 is 64.6. The molecule has 202 valence electrons.